The fourth-order valence-electron chi connectivity index (χ4n) is 4.32. The summed E-state index contributed by atoms with van der Waals surface area (Å²) in [4.78, 5) is 32.5. The van der Waals surface area contributed by atoms with Gasteiger partial charge in [-0.05, 0) is 34.9 Å². The molecule has 0 aliphatic heterocycles. The molecule has 3 aromatic carbocycles. The smallest absolute Gasteiger partial charge is 0.296 e. The van der Waals surface area contributed by atoms with Crippen LogP contribution in [0.15, 0.2) is 98.1 Å². The number of benzene rings is 3. The fraction of sp³-hybridized carbons (Fsp3) is 0.172. The van der Waals surface area contributed by atoms with Gasteiger partial charge < -0.3 is 0 Å². The van der Waals surface area contributed by atoms with E-state index in [9.17, 15) is 9.59 Å². The van der Waals surface area contributed by atoms with Crippen LogP contribution in [0.25, 0.3) is 22.5 Å². The van der Waals surface area contributed by atoms with E-state index >= 15 is 0 Å². The Balaban J connectivity index is 0.00000336. The molecule has 5 rings (SSSR count). The van der Waals surface area contributed by atoms with Crippen molar-refractivity contribution in [1.29, 1.82) is 0 Å². The Labute approximate surface area is 246 Å². The maximum absolute atomic E-state index is 13.7. The molecule has 2 heterocycles. The third-order valence-electron chi connectivity index (χ3n) is 6.16. The number of rotatable bonds is 8. The molecular weight excluding hydrogens is 507 g/mol. The van der Waals surface area contributed by atoms with Crippen molar-refractivity contribution in [2.24, 2.45) is 0 Å². The minimum atomic E-state index is -0.593. The van der Waals surface area contributed by atoms with Crippen molar-refractivity contribution >= 4 is 41.3 Å². The van der Waals surface area contributed by atoms with Gasteiger partial charge in [-0.25, -0.2) is 9.78 Å². The Morgan fingerprint density at radius 3 is 2.24 bits per heavy atom. The molecule has 0 amide bonds. The minimum absolute atomic E-state index is 0. The van der Waals surface area contributed by atoms with Gasteiger partial charge in [-0.2, -0.15) is 0 Å². The average molecular weight is 534 g/mol. The van der Waals surface area contributed by atoms with Crippen molar-refractivity contribution in [3.05, 3.63) is 122 Å². The molecule has 5 aromatic rings. The van der Waals surface area contributed by atoms with Crippen LogP contribution in [0.5, 0.6) is 0 Å². The molecule has 1 N–H and O–H groups in total. The third-order valence-corrected chi connectivity index (χ3v) is 7.02. The van der Waals surface area contributed by atoms with E-state index in [-0.39, 0.29) is 35.1 Å². The SMILES string of the molecule is CCSc1nc(C)c(Cc2ccccc2)c(=O)n1Cc1ccc(-c2ccccc2-c2noc(=O)[nH]2)cc1.[Na]. The van der Waals surface area contributed by atoms with Gasteiger partial charge in [-0.3, -0.25) is 18.9 Å². The molecule has 0 bridgehead atoms. The summed E-state index contributed by atoms with van der Waals surface area (Å²) in [6.45, 7) is 4.40. The van der Waals surface area contributed by atoms with Gasteiger partial charge in [0, 0.05) is 52.8 Å². The van der Waals surface area contributed by atoms with Gasteiger partial charge in [0.05, 0.1) is 6.54 Å². The summed E-state index contributed by atoms with van der Waals surface area (Å²) in [6.07, 6.45) is 0.551. The summed E-state index contributed by atoms with van der Waals surface area (Å²) in [5.74, 6) is 0.614. The van der Waals surface area contributed by atoms with Crippen LogP contribution < -0.4 is 11.3 Å². The van der Waals surface area contributed by atoms with E-state index in [1.54, 1.807) is 16.3 Å². The van der Waals surface area contributed by atoms with Crippen LogP contribution in [0.3, 0.4) is 0 Å². The van der Waals surface area contributed by atoms with E-state index < -0.39 is 5.76 Å². The molecule has 0 fully saturated rings. The topological polar surface area (TPSA) is 93.8 Å². The Bertz CT molecular complexity index is 1640. The summed E-state index contributed by atoms with van der Waals surface area (Å²) in [5.41, 5.74) is 6.23. The average Bonchev–Trinajstić information content (AvgIpc) is 3.36. The van der Waals surface area contributed by atoms with Gasteiger partial charge in [0.1, 0.15) is 0 Å². The summed E-state index contributed by atoms with van der Waals surface area (Å²) in [6, 6.07) is 25.7. The first-order chi connectivity index (χ1) is 18.0. The molecule has 7 nitrogen and oxygen atoms in total. The number of aromatic nitrogens is 4. The van der Waals surface area contributed by atoms with Crippen molar-refractivity contribution in [3.8, 4) is 22.5 Å². The first kappa shape index (κ1) is 27.9. The second-order valence-corrected chi connectivity index (χ2v) is 9.86. The Morgan fingerprint density at radius 1 is 0.895 bits per heavy atom. The molecule has 38 heavy (non-hydrogen) atoms. The van der Waals surface area contributed by atoms with Gasteiger partial charge in [-0.15, -0.1) is 0 Å². The molecule has 0 spiro atoms. The molecule has 0 saturated heterocycles. The van der Waals surface area contributed by atoms with E-state index in [1.807, 2.05) is 85.8 Å². The molecular formula is C29H26N4NaO3S. The molecule has 2 aromatic heterocycles. The van der Waals surface area contributed by atoms with Crippen molar-refractivity contribution < 1.29 is 4.52 Å². The van der Waals surface area contributed by atoms with Gasteiger partial charge in [0.2, 0.25) is 0 Å². The van der Waals surface area contributed by atoms with E-state index in [4.69, 9.17) is 9.51 Å². The van der Waals surface area contributed by atoms with Crippen LogP contribution in [0.2, 0.25) is 0 Å². The predicted octanol–water partition coefficient (Wildman–Crippen LogP) is 4.93. The zero-order chi connectivity index (χ0) is 25.8. The van der Waals surface area contributed by atoms with Crippen LogP contribution in [0.4, 0.5) is 0 Å². The molecule has 0 aliphatic carbocycles. The first-order valence-corrected chi connectivity index (χ1v) is 13.0. The maximum Gasteiger partial charge on any atom is 0.439 e. The molecule has 0 atom stereocenters. The molecule has 0 aliphatic rings. The van der Waals surface area contributed by atoms with Gasteiger partial charge >= 0.3 is 5.76 Å². The number of aromatic amines is 1. The summed E-state index contributed by atoms with van der Waals surface area (Å²) in [7, 11) is 0. The Morgan fingerprint density at radius 2 is 1.58 bits per heavy atom. The number of nitrogens with zero attached hydrogens (tertiary/aromatic N) is 3. The number of hydrogen-bond acceptors (Lipinski definition) is 6. The zero-order valence-electron chi connectivity index (χ0n) is 21.6. The normalized spacial score (nSPS) is 10.8. The minimum Gasteiger partial charge on any atom is -0.296 e. The van der Waals surface area contributed by atoms with Crippen molar-refractivity contribution in [2.45, 2.75) is 32.0 Å². The van der Waals surface area contributed by atoms with Gasteiger partial charge in [-0.1, -0.05) is 103 Å². The largest absolute Gasteiger partial charge is 0.439 e. The van der Waals surface area contributed by atoms with Gasteiger partial charge in [0.15, 0.2) is 11.0 Å². The van der Waals surface area contributed by atoms with Crippen molar-refractivity contribution in [3.63, 3.8) is 0 Å². The second-order valence-electron chi connectivity index (χ2n) is 8.63. The molecule has 9 heteroatoms. The van der Waals surface area contributed by atoms with E-state index in [2.05, 4.69) is 17.1 Å². The van der Waals surface area contributed by atoms with Crippen molar-refractivity contribution in [2.75, 3.05) is 5.75 Å². The molecule has 1 radical (unpaired) electrons. The standard InChI is InChI=1S/C29H26N4O3S.Na/c1-3-37-28-30-19(2)25(17-20-9-5-4-6-10-20)27(34)33(28)18-21-13-15-22(16-14-21)23-11-7-8-12-24(23)26-31-29(35)36-32-26;/h4-16H,3,17-18H2,1-2H3,(H,31,32,35);. The van der Waals surface area contributed by atoms with Crippen LogP contribution in [-0.4, -0.2) is 55.0 Å². The second kappa shape index (κ2) is 12.6. The molecule has 0 unspecified atom stereocenters. The molecule has 187 valence electrons. The molecule has 0 saturated carbocycles. The van der Waals surface area contributed by atoms with E-state index in [0.717, 1.165) is 50.0 Å². The zero-order valence-corrected chi connectivity index (χ0v) is 24.4. The number of thioether (sulfide) groups is 1. The van der Waals surface area contributed by atoms with Crippen LogP contribution in [-0.2, 0) is 13.0 Å². The Hall–Kier alpha value is -3.17. The van der Waals surface area contributed by atoms with E-state index in [0.29, 0.717) is 18.8 Å². The van der Waals surface area contributed by atoms with E-state index in [1.165, 1.54) is 0 Å². The maximum atomic E-state index is 13.7. The summed E-state index contributed by atoms with van der Waals surface area (Å²) in [5, 5.41) is 4.57. The quantitative estimate of drug-likeness (QED) is 0.173. The third kappa shape index (κ3) is 6.10. The van der Waals surface area contributed by atoms with Crippen LogP contribution in [0, 0.1) is 6.92 Å². The predicted molar refractivity (Wildman–Crippen MR) is 152 cm³/mol. The Kier molecular flexibility index (Phi) is 9.22. The monoisotopic (exact) mass is 533 g/mol. The summed E-state index contributed by atoms with van der Waals surface area (Å²) < 4.78 is 6.47. The fourth-order valence-corrected chi connectivity index (χ4v) is 5.08. The number of hydrogen-bond donors (Lipinski definition) is 1. The number of nitrogens with one attached hydrogen (secondary N) is 1. The van der Waals surface area contributed by atoms with Crippen molar-refractivity contribution in [1.82, 2.24) is 19.7 Å². The number of H-pyrrole nitrogens is 1. The first-order valence-electron chi connectivity index (χ1n) is 12.0. The summed E-state index contributed by atoms with van der Waals surface area (Å²) >= 11 is 1.57. The van der Waals surface area contributed by atoms with Crippen LogP contribution >= 0.6 is 11.8 Å². The number of aryl methyl sites for hydroxylation is 1. The van der Waals surface area contributed by atoms with Crippen LogP contribution in [0.1, 0.15) is 29.3 Å². The van der Waals surface area contributed by atoms with Gasteiger partial charge in [0.25, 0.3) is 5.56 Å².